The SMILES string of the molecule is CC(=O)[O-].[Cl-].[PbH2].[Sn+2]. The number of carbonyl (C=O) groups excluding carboxylic acids is 1. The summed E-state index contributed by atoms with van der Waals surface area (Å²) in [6.07, 6.45) is 0. The van der Waals surface area contributed by atoms with Crippen LogP contribution in [0.2, 0.25) is 0 Å². The minimum absolute atomic E-state index is 0. The fraction of sp³-hybridized carbons (Fsp3) is 0.500. The zero-order chi connectivity index (χ0) is 3.58. The van der Waals surface area contributed by atoms with Crippen LogP contribution in [0.4, 0.5) is 0 Å². The van der Waals surface area contributed by atoms with E-state index in [4.69, 9.17) is 9.90 Å². The van der Waals surface area contributed by atoms with E-state index in [0.29, 0.717) is 0 Å². The van der Waals surface area contributed by atoms with Gasteiger partial charge >= 0.3 is 51.2 Å². The Kier molecular flexibility index (Phi) is 52.8. The summed E-state index contributed by atoms with van der Waals surface area (Å²) in [5, 5.41) is 8.89. The number of carbonyl (C=O) groups is 1. The Morgan fingerprint density at radius 3 is 1.57 bits per heavy atom. The molecule has 0 rings (SSSR count). The molecule has 0 aliphatic heterocycles. The van der Waals surface area contributed by atoms with Gasteiger partial charge in [-0.15, -0.1) is 0 Å². The van der Waals surface area contributed by atoms with Crippen molar-refractivity contribution in [2.75, 3.05) is 0 Å². The van der Waals surface area contributed by atoms with E-state index in [1.807, 2.05) is 0 Å². The molecular formula is C2H5ClO2PbSn. The normalized spacial score (nSPS) is 3.57. The third kappa shape index (κ3) is 102. The van der Waals surface area contributed by atoms with Gasteiger partial charge in [0, 0.05) is 5.97 Å². The Balaban J connectivity index is -0.0000000150. The molecule has 2 nitrogen and oxygen atoms in total. The van der Waals surface area contributed by atoms with Crippen LogP contribution in [0, 0.1) is 0 Å². The second-order valence-corrected chi connectivity index (χ2v) is 0.492. The van der Waals surface area contributed by atoms with Gasteiger partial charge < -0.3 is 22.3 Å². The van der Waals surface area contributed by atoms with Crippen LogP contribution in [0.15, 0.2) is 0 Å². The van der Waals surface area contributed by atoms with Crippen LogP contribution in [-0.4, -0.2) is 57.2 Å². The van der Waals surface area contributed by atoms with Crippen molar-refractivity contribution in [1.82, 2.24) is 0 Å². The molecule has 0 saturated heterocycles. The maximum Gasteiger partial charge on any atom is 2.00 e. The number of halogens is 1. The Bertz CT molecular complexity index is 38.7. The molecule has 4 radical (unpaired) electrons. The molecule has 0 fully saturated rings. The van der Waals surface area contributed by atoms with Crippen LogP contribution in [0.5, 0.6) is 0 Å². The van der Waals surface area contributed by atoms with Crippen LogP contribution in [0.1, 0.15) is 6.92 Å². The molecule has 5 heteroatoms. The fourth-order valence-electron chi connectivity index (χ4n) is 0. The number of hydrogen-bond donors (Lipinski definition) is 0. The maximum atomic E-state index is 8.89. The predicted octanol–water partition coefficient (Wildman–Crippen LogP) is -5.54. The van der Waals surface area contributed by atoms with Crippen molar-refractivity contribution < 1.29 is 22.3 Å². The van der Waals surface area contributed by atoms with Crippen molar-refractivity contribution >= 4 is 57.2 Å². The molecule has 0 unspecified atom stereocenters. The minimum atomic E-state index is -1.08. The van der Waals surface area contributed by atoms with E-state index < -0.39 is 5.97 Å². The molecule has 0 aliphatic rings. The van der Waals surface area contributed by atoms with E-state index in [-0.39, 0.29) is 63.6 Å². The first-order chi connectivity index (χ1) is 1.73. The average Bonchev–Trinajstić information content (AvgIpc) is 0.811. The third-order valence-electron chi connectivity index (χ3n) is 0. The maximum absolute atomic E-state index is 8.89. The molecule has 0 aromatic rings. The van der Waals surface area contributed by atoms with Crippen molar-refractivity contribution in [2.45, 2.75) is 6.92 Å². The molecule has 0 amide bonds. The first-order valence-electron chi connectivity index (χ1n) is 0.908. The molecule has 0 atom stereocenters. The van der Waals surface area contributed by atoms with E-state index in [1.165, 1.54) is 0 Å². The average molecular weight is 422 g/mol. The molecule has 0 aromatic carbocycles. The topological polar surface area (TPSA) is 40.1 Å². The van der Waals surface area contributed by atoms with Gasteiger partial charge in [0.1, 0.15) is 0 Å². The number of rotatable bonds is 0. The molecule has 0 N–H and O–H groups in total. The van der Waals surface area contributed by atoms with Gasteiger partial charge in [-0.3, -0.25) is 0 Å². The van der Waals surface area contributed by atoms with E-state index in [1.54, 1.807) is 0 Å². The van der Waals surface area contributed by atoms with E-state index >= 15 is 0 Å². The standard InChI is InChI=1S/C2H4O2.ClH.Pb.Sn.2H/c1-2(3)4;;;;;/h1H3,(H,3,4);1H;;;;/q;;;+2;;/p-2. The predicted molar refractivity (Wildman–Crippen MR) is 25.0 cm³/mol. The summed E-state index contributed by atoms with van der Waals surface area (Å²) in [4.78, 5) is 8.89. The number of aliphatic carboxylic acids is 1. The number of hydrogen-bond acceptors (Lipinski definition) is 2. The first kappa shape index (κ1) is 23.6. The summed E-state index contributed by atoms with van der Waals surface area (Å²) in [6, 6.07) is 0. The van der Waals surface area contributed by atoms with Crippen molar-refractivity contribution in [3.8, 4) is 0 Å². The van der Waals surface area contributed by atoms with E-state index in [9.17, 15) is 0 Å². The first-order valence-corrected chi connectivity index (χ1v) is 0.908. The van der Waals surface area contributed by atoms with Gasteiger partial charge in [-0.05, 0) is 6.92 Å². The van der Waals surface area contributed by atoms with Crippen LogP contribution >= 0.6 is 0 Å². The summed E-state index contributed by atoms with van der Waals surface area (Å²) >= 11 is 0. The minimum Gasteiger partial charge on any atom is 2.00 e. The van der Waals surface area contributed by atoms with Crippen molar-refractivity contribution in [2.24, 2.45) is 0 Å². The van der Waals surface area contributed by atoms with Gasteiger partial charge in [-0.25, -0.2) is 0 Å². The Morgan fingerprint density at radius 2 is 1.57 bits per heavy atom. The van der Waals surface area contributed by atoms with Gasteiger partial charge in [0.25, 0.3) is 0 Å². The van der Waals surface area contributed by atoms with Gasteiger partial charge in [0.15, 0.2) is 0 Å². The second-order valence-electron chi connectivity index (χ2n) is 0.492. The molecule has 7 heavy (non-hydrogen) atoms. The largest absolute Gasteiger partial charge is 2.00 e. The number of carboxylic acid groups (broad SMARTS) is 1. The van der Waals surface area contributed by atoms with Crippen molar-refractivity contribution in [1.29, 1.82) is 0 Å². The molecule has 0 heterocycles. The van der Waals surface area contributed by atoms with E-state index in [2.05, 4.69) is 0 Å². The van der Waals surface area contributed by atoms with Crippen molar-refractivity contribution in [3.05, 3.63) is 0 Å². The summed E-state index contributed by atoms with van der Waals surface area (Å²) in [6.45, 7) is 0.972. The monoisotopic (exact) mass is 424 g/mol. The van der Waals surface area contributed by atoms with E-state index in [0.717, 1.165) is 6.92 Å². The van der Waals surface area contributed by atoms with Crippen LogP contribution in [0.25, 0.3) is 0 Å². The van der Waals surface area contributed by atoms with Crippen LogP contribution < -0.4 is 17.5 Å². The molecule has 0 aliphatic carbocycles. The zero-order valence-corrected chi connectivity index (χ0v) is 13.0. The summed E-state index contributed by atoms with van der Waals surface area (Å²) in [7, 11) is 0. The molecule has 0 saturated carbocycles. The van der Waals surface area contributed by atoms with Crippen molar-refractivity contribution in [3.63, 3.8) is 0 Å². The summed E-state index contributed by atoms with van der Waals surface area (Å²) < 4.78 is 0. The van der Waals surface area contributed by atoms with Gasteiger partial charge in [-0.1, -0.05) is 0 Å². The Labute approximate surface area is 85.6 Å². The van der Waals surface area contributed by atoms with Crippen LogP contribution in [0.3, 0.4) is 0 Å². The molecule has 0 bridgehead atoms. The van der Waals surface area contributed by atoms with Crippen LogP contribution in [-0.2, 0) is 4.79 Å². The molecular weight excluding hydrogens is 417 g/mol. The fourth-order valence-corrected chi connectivity index (χ4v) is 0. The second kappa shape index (κ2) is 15.6. The quantitative estimate of drug-likeness (QED) is 0.366. The van der Waals surface area contributed by atoms with Gasteiger partial charge in [-0.2, -0.15) is 0 Å². The molecule has 0 aromatic heterocycles. The van der Waals surface area contributed by atoms with Gasteiger partial charge in [0.2, 0.25) is 0 Å². The summed E-state index contributed by atoms with van der Waals surface area (Å²) in [5.41, 5.74) is 0. The Hall–Kier alpha value is 1.48. The molecule has 0 spiro atoms. The summed E-state index contributed by atoms with van der Waals surface area (Å²) in [5.74, 6) is -1.08. The molecule has 40 valence electrons. The smallest absolute Gasteiger partial charge is 2.00 e. The third-order valence-corrected chi connectivity index (χ3v) is 0. The van der Waals surface area contributed by atoms with Gasteiger partial charge in [0.05, 0.1) is 0 Å². The Morgan fingerprint density at radius 1 is 1.57 bits per heavy atom. The zero-order valence-electron chi connectivity index (χ0n) is 3.90. The number of carboxylic acids is 1.